The molecule has 1 aliphatic carbocycles. The molecule has 3 aromatic rings. The van der Waals surface area contributed by atoms with E-state index in [0.29, 0.717) is 31.9 Å². The zero-order valence-electron chi connectivity index (χ0n) is 23.5. The summed E-state index contributed by atoms with van der Waals surface area (Å²) in [4.78, 5) is 4.61. The second-order valence-electron chi connectivity index (χ2n) is 11.2. The zero-order valence-corrected chi connectivity index (χ0v) is 24.4. The maximum absolute atomic E-state index is 12.0. The lowest BCUT2D eigenvalue weighted by atomic mass is 9.73. The highest BCUT2D eigenvalue weighted by Crippen LogP contribution is 2.43. The molecule has 0 bridgehead atoms. The molecule has 2 aromatic carbocycles. The lowest BCUT2D eigenvalue weighted by Crippen LogP contribution is -2.41. The van der Waals surface area contributed by atoms with Crippen LogP contribution >= 0.6 is 0 Å². The molecule has 0 spiro atoms. The van der Waals surface area contributed by atoms with E-state index in [2.05, 4.69) is 50.3 Å². The Morgan fingerprint density at radius 3 is 2.28 bits per heavy atom. The Morgan fingerprint density at radius 1 is 1.05 bits per heavy atom. The highest BCUT2D eigenvalue weighted by atomic mass is 32.2. The number of nitrogens with zero attached hydrogens (tertiary/aromatic N) is 2. The van der Waals surface area contributed by atoms with Gasteiger partial charge in [-0.05, 0) is 30.9 Å². The number of hydrogen-bond donors (Lipinski definition) is 2. The van der Waals surface area contributed by atoms with E-state index >= 15 is 0 Å². The molecule has 214 valence electrons. The van der Waals surface area contributed by atoms with Gasteiger partial charge in [0.2, 0.25) is 5.89 Å². The van der Waals surface area contributed by atoms with E-state index < -0.39 is 15.7 Å². The third-order valence-electron chi connectivity index (χ3n) is 7.10. The van der Waals surface area contributed by atoms with Gasteiger partial charge in [0.1, 0.15) is 13.1 Å². The Labute approximate surface area is 233 Å². The number of benzene rings is 2. The Hall–Kier alpha value is -2.56. The van der Waals surface area contributed by atoms with Crippen LogP contribution in [0.3, 0.4) is 0 Å². The third kappa shape index (κ3) is 9.85. The Morgan fingerprint density at radius 2 is 1.67 bits per heavy atom. The fourth-order valence-corrected chi connectivity index (χ4v) is 4.99. The Kier molecular flexibility index (Phi) is 10.9. The second-order valence-corrected chi connectivity index (χ2v) is 12.7. The molecule has 1 aliphatic rings. The number of aliphatic hydroxyl groups is 1. The number of rotatable bonds is 10. The van der Waals surface area contributed by atoms with Gasteiger partial charge in [0, 0.05) is 5.92 Å². The van der Waals surface area contributed by atoms with E-state index in [1.54, 1.807) is 6.20 Å². The molecule has 39 heavy (non-hydrogen) atoms. The molecule has 0 radical (unpaired) electrons. The Bertz CT molecular complexity index is 1240. The first-order valence-electron chi connectivity index (χ1n) is 13.5. The minimum atomic E-state index is -3.67. The number of quaternary nitrogens is 1. The standard InChI is InChI=1S/C29H39N2O3.CH4O3S/c1-23-14-16-24(17-15-23)22-33-19-18-31(2,3)21-27-20-30-28(34-27)29(32,25-10-6-4-7-11-25)26-12-8-5-9-13-26;1-5(2,3)4/h4,6-7,10-11,14-17,20,26,32H,5,8-9,12-13,18-19,21-22H2,1-3H3;1H3,(H,2,3,4)/q+1;. The van der Waals surface area contributed by atoms with Crippen molar-refractivity contribution in [2.24, 2.45) is 5.92 Å². The third-order valence-corrected chi connectivity index (χ3v) is 7.10. The van der Waals surface area contributed by atoms with Crippen LogP contribution in [0.2, 0.25) is 0 Å². The normalized spacial score (nSPS) is 16.3. The fraction of sp³-hybridized carbons (Fsp3) is 0.500. The van der Waals surface area contributed by atoms with Crippen LogP contribution < -0.4 is 0 Å². The highest BCUT2D eigenvalue weighted by Gasteiger charge is 2.44. The first-order chi connectivity index (χ1) is 18.4. The summed E-state index contributed by atoms with van der Waals surface area (Å²) in [7, 11) is 0.671. The predicted molar refractivity (Wildman–Crippen MR) is 152 cm³/mol. The van der Waals surface area contributed by atoms with Gasteiger partial charge in [0.15, 0.2) is 11.4 Å². The van der Waals surface area contributed by atoms with Gasteiger partial charge >= 0.3 is 0 Å². The largest absolute Gasteiger partial charge is 0.436 e. The average Bonchev–Trinajstić information content (AvgIpc) is 3.35. The van der Waals surface area contributed by atoms with Crippen molar-refractivity contribution < 1.29 is 31.7 Å². The molecule has 1 fully saturated rings. The molecular weight excluding hydrogens is 516 g/mol. The number of likely N-dealkylation sites (N-methyl/N-ethyl adjacent to an activating group) is 1. The van der Waals surface area contributed by atoms with Crippen LogP contribution in [0, 0.1) is 12.8 Å². The molecule has 2 N–H and O–H groups in total. The zero-order chi connectivity index (χ0) is 28.5. The molecule has 0 saturated heterocycles. The highest BCUT2D eigenvalue weighted by molar-refractivity contribution is 7.85. The number of aromatic nitrogens is 1. The summed E-state index contributed by atoms with van der Waals surface area (Å²) < 4.78 is 38.8. The molecule has 4 rings (SSSR count). The van der Waals surface area contributed by atoms with Gasteiger partial charge in [-0.3, -0.25) is 4.55 Å². The van der Waals surface area contributed by atoms with Crippen molar-refractivity contribution in [2.45, 2.75) is 57.8 Å². The van der Waals surface area contributed by atoms with Crippen LogP contribution in [0.25, 0.3) is 0 Å². The number of aryl methyl sites for hydroxylation is 1. The van der Waals surface area contributed by atoms with Crippen molar-refractivity contribution in [3.63, 3.8) is 0 Å². The molecule has 1 atom stereocenters. The smallest absolute Gasteiger partial charge is 0.261 e. The van der Waals surface area contributed by atoms with Crippen molar-refractivity contribution in [3.8, 4) is 0 Å². The molecule has 0 amide bonds. The van der Waals surface area contributed by atoms with Crippen LogP contribution in [-0.4, -0.2) is 61.0 Å². The van der Waals surface area contributed by atoms with Gasteiger partial charge in [-0.25, -0.2) is 4.98 Å². The van der Waals surface area contributed by atoms with E-state index in [9.17, 15) is 13.5 Å². The molecule has 1 aromatic heterocycles. The van der Waals surface area contributed by atoms with Crippen molar-refractivity contribution in [3.05, 3.63) is 89.1 Å². The summed E-state index contributed by atoms with van der Waals surface area (Å²) in [5, 5.41) is 12.0. The van der Waals surface area contributed by atoms with Crippen LogP contribution in [0.15, 0.2) is 65.2 Å². The van der Waals surface area contributed by atoms with E-state index in [1.807, 2.05) is 30.3 Å². The van der Waals surface area contributed by atoms with Gasteiger partial charge in [-0.15, -0.1) is 0 Å². The van der Waals surface area contributed by atoms with Crippen molar-refractivity contribution in [1.82, 2.24) is 4.98 Å². The molecule has 9 heteroatoms. The molecule has 1 saturated carbocycles. The summed E-state index contributed by atoms with van der Waals surface area (Å²) >= 11 is 0. The summed E-state index contributed by atoms with van der Waals surface area (Å²) in [5.74, 6) is 1.34. The summed E-state index contributed by atoms with van der Waals surface area (Å²) in [6, 6.07) is 18.4. The second kappa shape index (κ2) is 13.7. The van der Waals surface area contributed by atoms with Crippen LogP contribution in [-0.2, 0) is 33.6 Å². The van der Waals surface area contributed by atoms with E-state index in [1.165, 1.54) is 17.5 Å². The van der Waals surface area contributed by atoms with Gasteiger partial charge in [0.05, 0.1) is 39.8 Å². The monoisotopic (exact) mass is 559 g/mol. The predicted octanol–water partition coefficient (Wildman–Crippen LogP) is 5.10. The minimum Gasteiger partial charge on any atom is -0.436 e. The van der Waals surface area contributed by atoms with Gasteiger partial charge in [0.25, 0.3) is 10.1 Å². The lowest BCUT2D eigenvalue weighted by molar-refractivity contribution is -0.905. The fourth-order valence-electron chi connectivity index (χ4n) is 4.99. The van der Waals surface area contributed by atoms with Crippen molar-refractivity contribution in [1.29, 1.82) is 0 Å². The van der Waals surface area contributed by atoms with Crippen molar-refractivity contribution in [2.75, 3.05) is 33.5 Å². The first kappa shape index (κ1) is 31.0. The van der Waals surface area contributed by atoms with Crippen molar-refractivity contribution >= 4 is 10.1 Å². The van der Waals surface area contributed by atoms with Crippen LogP contribution in [0.5, 0.6) is 0 Å². The molecular formula is C30H43N2O6S+. The van der Waals surface area contributed by atoms with E-state index in [-0.39, 0.29) is 5.92 Å². The summed E-state index contributed by atoms with van der Waals surface area (Å²) in [6.07, 6.45) is 7.99. The van der Waals surface area contributed by atoms with Gasteiger partial charge in [-0.2, -0.15) is 8.42 Å². The minimum absolute atomic E-state index is 0.118. The molecule has 8 nitrogen and oxygen atoms in total. The molecule has 1 unspecified atom stereocenters. The quantitative estimate of drug-likeness (QED) is 0.202. The maximum Gasteiger partial charge on any atom is 0.261 e. The van der Waals surface area contributed by atoms with Gasteiger partial charge in [-0.1, -0.05) is 79.4 Å². The SMILES string of the molecule is CS(=O)(=O)O.Cc1ccc(COCC[N+](C)(C)Cc2cnc(C(O)(c3ccccc3)C3CCCCC3)o2)cc1. The summed E-state index contributed by atoms with van der Waals surface area (Å²) in [5.41, 5.74) is 2.14. The van der Waals surface area contributed by atoms with Crippen LogP contribution in [0.4, 0.5) is 0 Å². The number of oxazole rings is 1. The lowest BCUT2D eigenvalue weighted by Gasteiger charge is -2.36. The Balaban J connectivity index is 0.000000771. The molecule has 0 aliphatic heterocycles. The van der Waals surface area contributed by atoms with E-state index in [4.69, 9.17) is 13.7 Å². The maximum atomic E-state index is 12.0. The van der Waals surface area contributed by atoms with Crippen LogP contribution in [0.1, 0.15) is 60.4 Å². The number of hydrogen-bond acceptors (Lipinski definition) is 6. The summed E-state index contributed by atoms with van der Waals surface area (Å²) in [6.45, 7) is 4.93. The van der Waals surface area contributed by atoms with Gasteiger partial charge < -0.3 is 18.7 Å². The van der Waals surface area contributed by atoms with E-state index in [0.717, 1.165) is 48.0 Å². The molecule has 1 heterocycles. The first-order valence-corrected chi connectivity index (χ1v) is 15.3. The number of ether oxygens (including phenoxy) is 1. The average molecular weight is 560 g/mol. The topological polar surface area (TPSA) is 110 Å².